The third-order valence-electron chi connectivity index (χ3n) is 3.56. The van der Waals surface area contributed by atoms with E-state index in [4.69, 9.17) is 9.36 Å². The molecule has 0 aliphatic carbocycles. The molecule has 0 radical (unpaired) electrons. The monoisotopic (exact) mass is 315 g/mol. The molecule has 118 valence electrons. The van der Waals surface area contributed by atoms with Gasteiger partial charge < -0.3 is 4.52 Å². The van der Waals surface area contributed by atoms with E-state index in [0.717, 1.165) is 5.06 Å². The summed E-state index contributed by atoms with van der Waals surface area (Å²) in [5.41, 5.74) is 1.56. The molecular formula is C16H14FN3O3. The molecule has 3 aromatic rings. The van der Waals surface area contributed by atoms with Crippen molar-refractivity contribution in [1.29, 1.82) is 0 Å². The quantitative estimate of drug-likeness (QED) is 0.695. The number of hydrogen-bond donors (Lipinski definition) is 0. The molecule has 0 unspecified atom stereocenters. The van der Waals surface area contributed by atoms with Crippen molar-refractivity contribution in [2.45, 2.75) is 6.92 Å². The zero-order valence-corrected chi connectivity index (χ0v) is 12.8. The fourth-order valence-corrected chi connectivity index (χ4v) is 2.32. The summed E-state index contributed by atoms with van der Waals surface area (Å²) in [5.74, 6) is -0.835. The van der Waals surface area contributed by atoms with Crippen LogP contribution in [0.25, 0.3) is 22.4 Å². The number of hydrogen-bond acceptors (Lipinski definition) is 5. The Hall–Kier alpha value is -2.80. The van der Waals surface area contributed by atoms with Gasteiger partial charge in [0.2, 0.25) is 0 Å². The SMILES string of the molecule is CON(C)C(=O)c1cc(-c2ccccc2F)nc2onc(C)c12. The largest absolute Gasteiger partial charge is 0.335 e. The van der Waals surface area contributed by atoms with Gasteiger partial charge in [-0.15, -0.1) is 0 Å². The summed E-state index contributed by atoms with van der Waals surface area (Å²) in [4.78, 5) is 21.7. The van der Waals surface area contributed by atoms with E-state index < -0.39 is 11.7 Å². The van der Waals surface area contributed by atoms with E-state index in [1.165, 1.54) is 26.3 Å². The van der Waals surface area contributed by atoms with Crippen LogP contribution in [0.4, 0.5) is 4.39 Å². The Kier molecular flexibility index (Phi) is 3.79. The van der Waals surface area contributed by atoms with E-state index in [0.29, 0.717) is 16.8 Å². The van der Waals surface area contributed by atoms with Gasteiger partial charge in [0.25, 0.3) is 11.6 Å². The Morgan fingerprint density at radius 1 is 1.35 bits per heavy atom. The van der Waals surface area contributed by atoms with Gasteiger partial charge in [0.05, 0.1) is 29.4 Å². The van der Waals surface area contributed by atoms with E-state index in [1.807, 2.05) is 0 Å². The Morgan fingerprint density at radius 3 is 2.78 bits per heavy atom. The second-order valence-corrected chi connectivity index (χ2v) is 4.97. The van der Waals surface area contributed by atoms with Crippen LogP contribution in [0.15, 0.2) is 34.9 Å². The Bertz CT molecular complexity index is 891. The zero-order chi connectivity index (χ0) is 16.6. The van der Waals surface area contributed by atoms with E-state index >= 15 is 0 Å². The summed E-state index contributed by atoms with van der Waals surface area (Å²) in [6, 6.07) is 7.71. The van der Waals surface area contributed by atoms with E-state index in [1.54, 1.807) is 25.1 Å². The van der Waals surface area contributed by atoms with Crippen molar-refractivity contribution in [3.8, 4) is 11.3 Å². The fourth-order valence-electron chi connectivity index (χ4n) is 2.32. The zero-order valence-electron chi connectivity index (χ0n) is 12.8. The van der Waals surface area contributed by atoms with Crippen molar-refractivity contribution in [3.05, 3.63) is 47.4 Å². The van der Waals surface area contributed by atoms with Gasteiger partial charge in [-0.3, -0.25) is 9.63 Å². The molecule has 0 saturated carbocycles. The van der Waals surface area contributed by atoms with Crippen molar-refractivity contribution in [2.75, 3.05) is 14.2 Å². The van der Waals surface area contributed by atoms with E-state index in [2.05, 4.69) is 10.1 Å². The van der Waals surface area contributed by atoms with Gasteiger partial charge in [0.1, 0.15) is 5.82 Å². The second kappa shape index (κ2) is 5.77. The van der Waals surface area contributed by atoms with Crippen LogP contribution in [0, 0.1) is 12.7 Å². The highest BCUT2D eigenvalue weighted by molar-refractivity contribution is 6.06. The number of carbonyl (C=O) groups is 1. The average Bonchev–Trinajstić information content (AvgIpc) is 2.94. The number of benzene rings is 1. The van der Waals surface area contributed by atoms with Crippen LogP contribution in [0.1, 0.15) is 16.1 Å². The van der Waals surface area contributed by atoms with E-state index in [9.17, 15) is 9.18 Å². The molecule has 0 spiro atoms. The van der Waals surface area contributed by atoms with Gasteiger partial charge in [-0.05, 0) is 25.1 Å². The van der Waals surface area contributed by atoms with Crippen LogP contribution in [-0.2, 0) is 4.84 Å². The lowest BCUT2D eigenvalue weighted by Gasteiger charge is -2.14. The van der Waals surface area contributed by atoms with Gasteiger partial charge in [0, 0.05) is 12.6 Å². The molecule has 7 heteroatoms. The number of hydroxylamine groups is 2. The smallest absolute Gasteiger partial charge is 0.278 e. The molecule has 23 heavy (non-hydrogen) atoms. The number of fused-ring (bicyclic) bond motifs is 1. The van der Waals surface area contributed by atoms with Crippen LogP contribution in [0.2, 0.25) is 0 Å². The molecular weight excluding hydrogens is 301 g/mol. The Labute approximate surface area is 131 Å². The minimum atomic E-state index is -0.436. The summed E-state index contributed by atoms with van der Waals surface area (Å²) in [6.07, 6.45) is 0. The minimum Gasteiger partial charge on any atom is -0.335 e. The first kappa shape index (κ1) is 15.1. The molecule has 0 saturated heterocycles. The number of aryl methyl sites for hydroxylation is 1. The Morgan fingerprint density at radius 2 is 2.09 bits per heavy atom. The first-order valence-corrected chi connectivity index (χ1v) is 6.87. The predicted molar refractivity (Wildman–Crippen MR) is 81.0 cm³/mol. The third kappa shape index (κ3) is 2.55. The maximum absolute atomic E-state index is 14.0. The Balaban J connectivity index is 2.27. The summed E-state index contributed by atoms with van der Waals surface area (Å²) < 4.78 is 19.2. The van der Waals surface area contributed by atoms with Gasteiger partial charge in [-0.2, -0.15) is 0 Å². The van der Waals surface area contributed by atoms with Gasteiger partial charge in [-0.1, -0.05) is 17.3 Å². The number of nitrogens with zero attached hydrogens (tertiary/aromatic N) is 3. The molecule has 6 nitrogen and oxygen atoms in total. The number of pyridine rings is 1. The number of amides is 1. The molecule has 0 bridgehead atoms. The van der Waals surface area contributed by atoms with E-state index in [-0.39, 0.29) is 16.8 Å². The third-order valence-corrected chi connectivity index (χ3v) is 3.56. The predicted octanol–water partition coefficient (Wildman–Crippen LogP) is 2.97. The molecule has 0 atom stereocenters. The molecule has 0 aliphatic heterocycles. The average molecular weight is 315 g/mol. The molecule has 0 N–H and O–H groups in total. The number of aromatic nitrogens is 2. The van der Waals surface area contributed by atoms with Crippen molar-refractivity contribution in [3.63, 3.8) is 0 Å². The molecule has 3 rings (SSSR count). The first-order valence-electron chi connectivity index (χ1n) is 6.87. The highest BCUT2D eigenvalue weighted by Crippen LogP contribution is 2.29. The summed E-state index contributed by atoms with van der Waals surface area (Å²) in [6.45, 7) is 1.71. The van der Waals surface area contributed by atoms with Crippen molar-refractivity contribution in [2.24, 2.45) is 0 Å². The molecule has 2 heterocycles. The van der Waals surface area contributed by atoms with Crippen molar-refractivity contribution >= 4 is 17.0 Å². The number of rotatable bonds is 3. The van der Waals surface area contributed by atoms with Gasteiger partial charge in [-0.25, -0.2) is 14.4 Å². The lowest BCUT2D eigenvalue weighted by atomic mass is 10.0. The second-order valence-electron chi connectivity index (χ2n) is 4.97. The summed E-state index contributed by atoms with van der Waals surface area (Å²) >= 11 is 0. The maximum Gasteiger partial charge on any atom is 0.278 e. The van der Waals surface area contributed by atoms with Crippen LogP contribution >= 0.6 is 0 Å². The van der Waals surface area contributed by atoms with Crippen molar-refractivity contribution in [1.82, 2.24) is 15.2 Å². The number of halogens is 1. The fraction of sp³-hybridized carbons (Fsp3) is 0.188. The van der Waals surface area contributed by atoms with Crippen LogP contribution in [0.3, 0.4) is 0 Å². The van der Waals surface area contributed by atoms with Gasteiger partial charge >= 0.3 is 0 Å². The lowest BCUT2D eigenvalue weighted by Crippen LogP contribution is -2.25. The molecule has 1 aromatic carbocycles. The van der Waals surface area contributed by atoms with Crippen LogP contribution < -0.4 is 0 Å². The van der Waals surface area contributed by atoms with Gasteiger partial charge in [0.15, 0.2) is 0 Å². The highest BCUT2D eigenvalue weighted by atomic mass is 19.1. The first-order chi connectivity index (χ1) is 11.0. The van der Waals surface area contributed by atoms with Crippen LogP contribution in [-0.4, -0.2) is 35.3 Å². The standard InChI is InChI=1S/C16H14FN3O3/c1-9-14-11(16(21)20(2)22-3)8-13(18-15(14)23-19-9)10-6-4-5-7-12(10)17/h4-8H,1-3H3. The molecule has 2 aromatic heterocycles. The lowest BCUT2D eigenvalue weighted by molar-refractivity contribution is -0.0755. The molecule has 0 aliphatic rings. The summed E-state index contributed by atoms with van der Waals surface area (Å²) in [5, 5.41) is 5.40. The molecule has 1 amide bonds. The molecule has 0 fully saturated rings. The summed E-state index contributed by atoms with van der Waals surface area (Å²) in [7, 11) is 2.87. The van der Waals surface area contributed by atoms with Crippen LogP contribution in [0.5, 0.6) is 0 Å². The minimum absolute atomic E-state index is 0.177. The number of carbonyl (C=O) groups excluding carboxylic acids is 1. The topological polar surface area (TPSA) is 68.5 Å². The maximum atomic E-state index is 14.0. The highest BCUT2D eigenvalue weighted by Gasteiger charge is 2.22. The normalized spacial score (nSPS) is 11.0. The van der Waals surface area contributed by atoms with Crippen molar-refractivity contribution < 1.29 is 18.5 Å².